The van der Waals surface area contributed by atoms with Gasteiger partial charge in [-0.15, -0.1) is 0 Å². The van der Waals surface area contributed by atoms with Crippen molar-refractivity contribution in [2.24, 2.45) is 0 Å². The number of rotatable bonds is 4. The van der Waals surface area contributed by atoms with Gasteiger partial charge in [0.15, 0.2) is 0 Å². The quantitative estimate of drug-likeness (QED) is 0.871. The molecule has 0 aromatic heterocycles. The topological polar surface area (TPSA) is 46.9 Å². The van der Waals surface area contributed by atoms with Crippen molar-refractivity contribution in [1.29, 1.82) is 0 Å². The van der Waals surface area contributed by atoms with Crippen molar-refractivity contribution in [3.05, 3.63) is 29.6 Å². The van der Waals surface area contributed by atoms with Gasteiger partial charge in [-0.05, 0) is 19.9 Å². The minimum absolute atomic E-state index is 0.156. The van der Waals surface area contributed by atoms with Crippen molar-refractivity contribution in [1.82, 2.24) is 4.90 Å². The van der Waals surface area contributed by atoms with E-state index in [0.717, 1.165) is 13.1 Å². The molecular weight excluding hydrogens is 259 g/mol. The van der Waals surface area contributed by atoms with Crippen molar-refractivity contribution >= 4 is 5.69 Å². The van der Waals surface area contributed by atoms with E-state index in [9.17, 15) is 14.6 Å². The molecule has 0 atom stereocenters. The van der Waals surface area contributed by atoms with Crippen molar-refractivity contribution in [2.45, 2.75) is 26.1 Å². The molecule has 4 nitrogen and oxygen atoms in total. The number of anilines is 1. The lowest BCUT2D eigenvalue weighted by molar-refractivity contribution is 0.0344. The molecule has 1 aromatic rings. The summed E-state index contributed by atoms with van der Waals surface area (Å²) in [5.41, 5.74) is 0.426. The highest BCUT2D eigenvalue weighted by Crippen LogP contribution is 2.26. The van der Waals surface area contributed by atoms with Gasteiger partial charge in [0.2, 0.25) is 0 Å². The lowest BCUT2D eigenvalue weighted by Crippen LogP contribution is -2.50. The van der Waals surface area contributed by atoms with E-state index in [1.165, 1.54) is 6.07 Å². The maximum atomic E-state index is 14.0. The Bertz CT molecular complexity index is 452. The minimum atomic E-state index is -0.712. The number of aliphatic hydroxyl groups excluding tert-OH is 1. The smallest absolute Gasteiger partial charge is 0.146 e. The highest BCUT2D eigenvalue weighted by molar-refractivity contribution is 5.55. The van der Waals surface area contributed by atoms with Crippen LogP contribution in [0.15, 0.2) is 18.2 Å². The fraction of sp³-hybridized carbons (Fsp3) is 0.600. The molecule has 0 saturated carbocycles. The lowest BCUT2D eigenvalue weighted by Gasteiger charge is -2.39. The highest BCUT2D eigenvalue weighted by atomic mass is 19.1. The van der Waals surface area contributed by atoms with Crippen molar-refractivity contribution in [3.63, 3.8) is 0 Å². The summed E-state index contributed by atoms with van der Waals surface area (Å²) < 4.78 is 14.0. The number of halogens is 1. The largest absolute Gasteiger partial charge is 0.392 e. The van der Waals surface area contributed by atoms with Gasteiger partial charge < -0.3 is 15.1 Å². The summed E-state index contributed by atoms with van der Waals surface area (Å²) in [6.45, 7) is 7.00. The van der Waals surface area contributed by atoms with Gasteiger partial charge in [0.05, 0.1) is 17.9 Å². The Morgan fingerprint density at radius 3 is 2.40 bits per heavy atom. The number of piperazine rings is 1. The van der Waals surface area contributed by atoms with Crippen LogP contribution in [0.1, 0.15) is 19.4 Å². The van der Waals surface area contributed by atoms with Crippen LogP contribution >= 0.6 is 0 Å². The number of hydrogen-bond donors (Lipinski definition) is 2. The average molecular weight is 282 g/mol. The Labute approximate surface area is 119 Å². The first-order valence-corrected chi connectivity index (χ1v) is 6.98. The normalized spacial score (nSPS) is 17.6. The van der Waals surface area contributed by atoms with E-state index in [0.29, 0.717) is 30.9 Å². The van der Waals surface area contributed by atoms with Gasteiger partial charge in [-0.25, -0.2) is 4.39 Å². The van der Waals surface area contributed by atoms with E-state index in [4.69, 9.17) is 0 Å². The van der Waals surface area contributed by atoms with Crippen LogP contribution in [0.5, 0.6) is 0 Å². The molecule has 1 heterocycles. The third-order valence-corrected chi connectivity index (χ3v) is 3.54. The molecule has 20 heavy (non-hydrogen) atoms. The van der Waals surface area contributed by atoms with Crippen LogP contribution in [0.3, 0.4) is 0 Å². The Morgan fingerprint density at radius 1 is 1.20 bits per heavy atom. The molecular formula is C15H23FN2O2. The van der Waals surface area contributed by atoms with E-state index in [2.05, 4.69) is 4.90 Å². The van der Waals surface area contributed by atoms with E-state index in [-0.39, 0.29) is 12.4 Å². The monoisotopic (exact) mass is 282 g/mol. The van der Waals surface area contributed by atoms with Crippen LogP contribution in [0.2, 0.25) is 0 Å². The van der Waals surface area contributed by atoms with E-state index >= 15 is 0 Å². The molecule has 0 bridgehead atoms. The second-order valence-electron chi connectivity index (χ2n) is 5.98. The van der Waals surface area contributed by atoms with E-state index < -0.39 is 5.60 Å². The van der Waals surface area contributed by atoms with Crippen LogP contribution in [0, 0.1) is 5.82 Å². The standard InChI is InChI=1S/C15H23FN2O2/c1-15(2,20)11-17-6-8-18(9-7-17)14-12(10-19)4-3-5-13(14)16/h3-5,19-20H,6-11H2,1-2H3. The fourth-order valence-corrected chi connectivity index (χ4v) is 2.72. The Hall–Kier alpha value is -1.17. The number of β-amino-alcohol motifs (C(OH)–C–C–N with tert-alkyl or cyclic N) is 1. The number of para-hydroxylation sites is 1. The average Bonchev–Trinajstić information content (AvgIpc) is 2.38. The number of nitrogens with zero attached hydrogens (tertiary/aromatic N) is 2. The molecule has 0 spiro atoms. The van der Waals surface area contributed by atoms with Crippen LogP contribution < -0.4 is 4.90 Å². The molecule has 1 aromatic carbocycles. The van der Waals surface area contributed by atoms with Gasteiger partial charge in [0, 0.05) is 38.3 Å². The van der Waals surface area contributed by atoms with Crippen molar-refractivity contribution < 1.29 is 14.6 Å². The minimum Gasteiger partial charge on any atom is -0.392 e. The third kappa shape index (κ3) is 3.69. The maximum absolute atomic E-state index is 14.0. The van der Waals surface area contributed by atoms with Crippen LogP contribution in [0.4, 0.5) is 10.1 Å². The first kappa shape index (κ1) is 15.2. The first-order chi connectivity index (χ1) is 9.40. The molecule has 2 rings (SSSR count). The summed E-state index contributed by atoms with van der Waals surface area (Å²) in [5, 5.41) is 19.2. The predicted octanol–water partition coefficient (Wildman–Crippen LogP) is 1.21. The van der Waals surface area contributed by atoms with Gasteiger partial charge in [-0.2, -0.15) is 0 Å². The maximum Gasteiger partial charge on any atom is 0.146 e. The zero-order chi connectivity index (χ0) is 14.8. The zero-order valence-corrected chi connectivity index (χ0v) is 12.1. The van der Waals surface area contributed by atoms with E-state index in [1.807, 2.05) is 4.90 Å². The van der Waals surface area contributed by atoms with Crippen LogP contribution in [-0.4, -0.2) is 53.4 Å². The summed E-state index contributed by atoms with van der Waals surface area (Å²) in [6, 6.07) is 4.80. The SMILES string of the molecule is CC(C)(O)CN1CCN(c2c(F)cccc2CO)CC1. The molecule has 0 aliphatic carbocycles. The lowest BCUT2D eigenvalue weighted by atomic mass is 10.1. The van der Waals surface area contributed by atoms with Gasteiger partial charge in [0.1, 0.15) is 5.82 Å². The number of aliphatic hydroxyl groups is 2. The van der Waals surface area contributed by atoms with Gasteiger partial charge in [-0.3, -0.25) is 4.90 Å². The summed E-state index contributed by atoms with van der Waals surface area (Å²) in [7, 11) is 0. The second-order valence-corrected chi connectivity index (χ2v) is 5.98. The Kier molecular flexibility index (Phi) is 4.62. The highest BCUT2D eigenvalue weighted by Gasteiger charge is 2.25. The fourth-order valence-electron chi connectivity index (χ4n) is 2.72. The molecule has 1 aliphatic rings. The van der Waals surface area contributed by atoms with E-state index in [1.54, 1.807) is 26.0 Å². The third-order valence-electron chi connectivity index (χ3n) is 3.54. The molecule has 0 unspecified atom stereocenters. The van der Waals surface area contributed by atoms with Crippen molar-refractivity contribution in [2.75, 3.05) is 37.6 Å². The summed E-state index contributed by atoms with van der Waals surface area (Å²) >= 11 is 0. The number of benzene rings is 1. The summed E-state index contributed by atoms with van der Waals surface area (Å²) in [4.78, 5) is 4.15. The molecule has 112 valence electrons. The molecule has 0 amide bonds. The summed E-state index contributed by atoms with van der Waals surface area (Å²) in [5.74, 6) is -0.285. The summed E-state index contributed by atoms with van der Waals surface area (Å²) in [6.07, 6.45) is 0. The molecule has 5 heteroatoms. The number of hydrogen-bond acceptors (Lipinski definition) is 4. The Morgan fingerprint density at radius 2 is 1.85 bits per heavy atom. The molecule has 1 fully saturated rings. The van der Waals surface area contributed by atoms with Crippen molar-refractivity contribution in [3.8, 4) is 0 Å². The predicted molar refractivity (Wildman–Crippen MR) is 77.3 cm³/mol. The molecule has 0 radical (unpaired) electrons. The molecule has 1 aliphatic heterocycles. The van der Waals surface area contributed by atoms with Gasteiger partial charge in [-0.1, -0.05) is 12.1 Å². The molecule has 1 saturated heterocycles. The Balaban J connectivity index is 2.04. The second kappa shape index (κ2) is 6.08. The van der Waals surface area contributed by atoms with Crippen LogP contribution in [-0.2, 0) is 6.61 Å². The van der Waals surface area contributed by atoms with Crippen LogP contribution in [0.25, 0.3) is 0 Å². The van der Waals surface area contributed by atoms with Gasteiger partial charge >= 0.3 is 0 Å². The van der Waals surface area contributed by atoms with Gasteiger partial charge in [0.25, 0.3) is 0 Å². The molecule has 2 N–H and O–H groups in total. The first-order valence-electron chi connectivity index (χ1n) is 6.98. The zero-order valence-electron chi connectivity index (χ0n) is 12.1.